The van der Waals surface area contributed by atoms with Gasteiger partial charge in [-0.3, -0.25) is 20.2 Å². The summed E-state index contributed by atoms with van der Waals surface area (Å²) in [6.45, 7) is 4.03. The second kappa shape index (κ2) is 6.86. The Balaban J connectivity index is 1.88. The molecule has 0 radical (unpaired) electrons. The Morgan fingerprint density at radius 1 is 1.36 bits per heavy atom. The number of fused-ring (bicyclic) bond motifs is 1. The molecule has 7 nitrogen and oxygen atoms in total. The van der Waals surface area contributed by atoms with Crippen LogP contribution in [0.4, 0.5) is 10.8 Å². The molecule has 0 bridgehead atoms. The summed E-state index contributed by atoms with van der Waals surface area (Å²) in [6.07, 6.45) is 0. The number of hydrogen-bond acceptors (Lipinski definition) is 6. The number of aryl methyl sites for hydroxylation is 1. The number of thiazole rings is 1. The topological polar surface area (TPSA) is 94.4 Å². The van der Waals surface area contributed by atoms with E-state index in [0.717, 1.165) is 4.70 Å². The lowest BCUT2D eigenvalue weighted by Gasteiger charge is -2.03. The van der Waals surface area contributed by atoms with Crippen LogP contribution in [-0.2, 0) is 0 Å². The van der Waals surface area contributed by atoms with E-state index in [2.05, 4.69) is 10.3 Å². The van der Waals surface area contributed by atoms with Gasteiger partial charge >= 0.3 is 0 Å². The molecule has 0 unspecified atom stereocenters. The van der Waals surface area contributed by atoms with E-state index in [0.29, 0.717) is 28.6 Å². The highest BCUT2D eigenvalue weighted by Crippen LogP contribution is 2.32. The minimum Gasteiger partial charge on any atom is -0.492 e. The quantitative estimate of drug-likeness (QED) is 0.546. The molecule has 0 aliphatic rings. The molecule has 1 heterocycles. The molecule has 25 heavy (non-hydrogen) atoms. The summed E-state index contributed by atoms with van der Waals surface area (Å²) in [7, 11) is 0. The Labute approximate surface area is 147 Å². The van der Waals surface area contributed by atoms with E-state index in [9.17, 15) is 14.9 Å². The second-order valence-electron chi connectivity index (χ2n) is 5.27. The Morgan fingerprint density at radius 3 is 2.88 bits per heavy atom. The van der Waals surface area contributed by atoms with Crippen molar-refractivity contribution in [1.82, 2.24) is 4.98 Å². The van der Waals surface area contributed by atoms with Gasteiger partial charge in [0.05, 0.1) is 16.2 Å². The first kappa shape index (κ1) is 16.8. The van der Waals surface area contributed by atoms with Gasteiger partial charge < -0.3 is 4.74 Å². The maximum Gasteiger partial charge on any atom is 0.273 e. The van der Waals surface area contributed by atoms with E-state index in [4.69, 9.17) is 4.74 Å². The van der Waals surface area contributed by atoms with Gasteiger partial charge in [0, 0.05) is 17.2 Å². The van der Waals surface area contributed by atoms with E-state index in [1.165, 1.54) is 17.4 Å². The second-order valence-corrected chi connectivity index (χ2v) is 6.30. The zero-order valence-electron chi connectivity index (χ0n) is 13.6. The highest BCUT2D eigenvalue weighted by atomic mass is 32.1. The van der Waals surface area contributed by atoms with Crippen LogP contribution in [0.15, 0.2) is 36.4 Å². The van der Waals surface area contributed by atoms with Crippen LogP contribution in [0.25, 0.3) is 10.2 Å². The fourth-order valence-corrected chi connectivity index (χ4v) is 3.24. The van der Waals surface area contributed by atoms with E-state index in [1.54, 1.807) is 19.1 Å². The van der Waals surface area contributed by atoms with Gasteiger partial charge in [-0.1, -0.05) is 23.5 Å². The molecule has 3 rings (SSSR count). The van der Waals surface area contributed by atoms with Crippen LogP contribution < -0.4 is 10.1 Å². The number of nitro groups is 1. The van der Waals surface area contributed by atoms with E-state index in [1.807, 2.05) is 25.1 Å². The first-order valence-electron chi connectivity index (χ1n) is 7.58. The number of carbonyl (C=O) groups is 1. The molecule has 1 N–H and O–H groups in total. The first-order chi connectivity index (χ1) is 12.0. The smallest absolute Gasteiger partial charge is 0.273 e. The third-order valence-corrected chi connectivity index (χ3v) is 4.51. The molecule has 8 heteroatoms. The van der Waals surface area contributed by atoms with Crippen molar-refractivity contribution in [3.05, 3.63) is 57.6 Å². The number of para-hydroxylation sites is 1. The highest BCUT2D eigenvalue weighted by Gasteiger charge is 2.17. The number of nitrogens with zero attached hydrogens (tertiary/aromatic N) is 2. The molecule has 128 valence electrons. The number of nitrogens with one attached hydrogen (secondary N) is 1. The van der Waals surface area contributed by atoms with E-state index < -0.39 is 10.8 Å². The van der Waals surface area contributed by atoms with E-state index in [-0.39, 0.29) is 11.3 Å². The van der Waals surface area contributed by atoms with Crippen LogP contribution >= 0.6 is 11.3 Å². The number of nitro benzene ring substituents is 1. The van der Waals surface area contributed by atoms with Crippen LogP contribution in [-0.4, -0.2) is 22.4 Å². The molecule has 1 amide bonds. The van der Waals surface area contributed by atoms with Gasteiger partial charge in [-0.25, -0.2) is 4.98 Å². The predicted molar refractivity (Wildman–Crippen MR) is 96.6 cm³/mol. The summed E-state index contributed by atoms with van der Waals surface area (Å²) in [4.78, 5) is 27.3. The summed E-state index contributed by atoms with van der Waals surface area (Å²) in [6, 6.07) is 9.95. The first-order valence-corrected chi connectivity index (χ1v) is 8.40. The lowest BCUT2D eigenvalue weighted by molar-refractivity contribution is -0.385. The zero-order valence-corrected chi connectivity index (χ0v) is 14.4. The Kier molecular flexibility index (Phi) is 4.62. The van der Waals surface area contributed by atoms with Crippen molar-refractivity contribution in [2.45, 2.75) is 13.8 Å². The fourth-order valence-electron chi connectivity index (χ4n) is 2.37. The Morgan fingerprint density at radius 2 is 2.16 bits per heavy atom. The molecular weight excluding hydrogens is 342 g/mol. The van der Waals surface area contributed by atoms with Gasteiger partial charge in [-0.15, -0.1) is 0 Å². The highest BCUT2D eigenvalue weighted by molar-refractivity contribution is 7.22. The summed E-state index contributed by atoms with van der Waals surface area (Å²) in [5.41, 5.74) is 1.31. The molecule has 0 spiro atoms. The number of hydrogen-bond donors (Lipinski definition) is 1. The van der Waals surface area contributed by atoms with Crippen LogP contribution in [0.2, 0.25) is 0 Å². The molecule has 0 saturated carbocycles. The number of aromatic nitrogens is 1. The predicted octanol–water partition coefficient (Wildman–Crippen LogP) is 4.16. The third kappa shape index (κ3) is 3.43. The maximum atomic E-state index is 12.4. The van der Waals surface area contributed by atoms with Crippen molar-refractivity contribution in [2.24, 2.45) is 0 Å². The monoisotopic (exact) mass is 357 g/mol. The Bertz CT molecular complexity index is 968. The summed E-state index contributed by atoms with van der Waals surface area (Å²) < 4.78 is 6.42. The van der Waals surface area contributed by atoms with Gasteiger partial charge in [0.15, 0.2) is 5.13 Å². The summed E-state index contributed by atoms with van der Waals surface area (Å²) in [5, 5.41) is 14.1. The minimum absolute atomic E-state index is 0.0874. The van der Waals surface area contributed by atoms with E-state index >= 15 is 0 Å². The normalized spacial score (nSPS) is 10.6. The lowest BCUT2D eigenvalue weighted by atomic mass is 10.1. The van der Waals surface area contributed by atoms with Gasteiger partial charge in [0.25, 0.3) is 11.6 Å². The van der Waals surface area contributed by atoms with Crippen molar-refractivity contribution >= 4 is 38.3 Å². The SMILES string of the molecule is CCOc1cccc2sc(NC(=O)c3ccc(C)c([N+](=O)[O-])c3)nc12. The Hall–Kier alpha value is -3.00. The van der Waals surface area contributed by atoms with Crippen LogP contribution in [0.1, 0.15) is 22.8 Å². The molecule has 3 aromatic rings. The van der Waals surface area contributed by atoms with Crippen molar-refractivity contribution in [2.75, 3.05) is 11.9 Å². The lowest BCUT2D eigenvalue weighted by Crippen LogP contribution is -2.12. The average molecular weight is 357 g/mol. The number of ether oxygens (including phenoxy) is 1. The maximum absolute atomic E-state index is 12.4. The van der Waals surface area contributed by atoms with Crippen molar-refractivity contribution in [3.63, 3.8) is 0 Å². The zero-order chi connectivity index (χ0) is 18.0. The standard InChI is InChI=1S/C17H15N3O4S/c1-3-24-13-5-4-6-14-15(13)18-17(25-14)19-16(21)11-8-7-10(2)12(9-11)20(22)23/h4-9H,3H2,1-2H3,(H,18,19,21). The number of rotatable bonds is 5. The molecule has 2 aromatic carbocycles. The molecule has 0 saturated heterocycles. The molecule has 0 fully saturated rings. The summed E-state index contributed by atoms with van der Waals surface area (Å²) in [5.74, 6) is 0.211. The summed E-state index contributed by atoms with van der Waals surface area (Å²) >= 11 is 1.32. The number of amides is 1. The number of carbonyl (C=O) groups excluding carboxylic acids is 1. The number of benzene rings is 2. The van der Waals surface area contributed by atoms with Crippen molar-refractivity contribution < 1.29 is 14.5 Å². The van der Waals surface area contributed by atoms with Gasteiger partial charge in [-0.2, -0.15) is 0 Å². The van der Waals surface area contributed by atoms with Crippen LogP contribution in [0.5, 0.6) is 5.75 Å². The molecule has 0 aliphatic heterocycles. The van der Waals surface area contributed by atoms with Gasteiger partial charge in [0.1, 0.15) is 11.3 Å². The van der Waals surface area contributed by atoms with Crippen LogP contribution in [0, 0.1) is 17.0 Å². The molecular formula is C17H15N3O4S. The van der Waals surface area contributed by atoms with Crippen LogP contribution in [0.3, 0.4) is 0 Å². The molecule has 0 atom stereocenters. The molecule has 1 aromatic heterocycles. The average Bonchev–Trinajstić information content (AvgIpc) is 2.98. The minimum atomic E-state index is -0.502. The molecule has 0 aliphatic carbocycles. The third-order valence-electron chi connectivity index (χ3n) is 3.57. The van der Waals surface area contributed by atoms with Gasteiger partial charge in [-0.05, 0) is 32.0 Å². The largest absolute Gasteiger partial charge is 0.492 e. The fraction of sp³-hybridized carbons (Fsp3) is 0.176. The van der Waals surface area contributed by atoms with Crippen molar-refractivity contribution in [1.29, 1.82) is 0 Å². The van der Waals surface area contributed by atoms with Crippen molar-refractivity contribution in [3.8, 4) is 5.75 Å². The van der Waals surface area contributed by atoms with Gasteiger partial charge in [0.2, 0.25) is 0 Å². The number of anilines is 1.